The van der Waals surface area contributed by atoms with Gasteiger partial charge in [0.25, 0.3) is 0 Å². The third-order valence-corrected chi connectivity index (χ3v) is 3.54. The smallest absolute Gasteiger partial charge is 0.410 e. The Balaban J connectivity index is 2.67. The van der Waals surface area contributed by atoms with Gasteiger partial charge in [0, 0.05) is 18.6 Å². The quantitative estimate of drug-likeness (QED) is 0.825. The van der Waals surface area contributed by atoms with Crippen LogP contribution in [-0.2, 0) is 9.53 Å². The van der Waals surface area contributed by atoms with Gasteiger partial charge in [0.05, 0.1) is 6.42 Å². The van der Waals surface area contributed by atoms with E-state index >= 15 is 0 Å². The number of amides is 1. The van der Waals surface area contributed by atoms with E-state index in [1.165, 1.54) is 0 Å². The molecule has 1 rings (SSSR count). The van der Waals surface area contributed by atoms with Crippen LogP contribution in [0.3, 0.4) is 0 Å². The van der Waals surface area contributed by atoms with Crippen LogP contribution < -0.4 is 5.73 Å². The number of carboxylic acids is 1. The highest BCUT2D eigenvalue weighted by molar-refractivity contribution is 5.69. The Morgan fingerprint density at radius 2 is 1.95 bits per heavy atom. The lowest BCUT2D eigenvalue weighted by Gasteiger charge is -2.40. The predicted molar refractivity (Wildman–Crippen MR) is 75.4 cm³/mol. The van der Waals surface area contributed by atoms with E-state index in [1.54, 1.807) is 11.8 Å². The molecule has 0 radical (unpaired) electrons. The summed E-state index contributed by atoms with van der Waals surface area (Å²) in [5.41, 5.74) is 4.78. The van der Waals surface area contributed by atoms with Gasteiger partial charge in [-0.05, 0) is 46.5 Å². The van der Waals surface area contributed by atoms with Gasteiger partial charge < -0.3 is 20.5 Å². The maximum atomic E-state index is 12.1. The number of rotatable bonds is 3. The number of carboxylic acid groups (broad SMARTS) is 1. The molecule has 0 bridgehead atoms. The lowest BCUT2D eigenvalue weighted by molar-refractivity contribution is -0.138. The second-order valence-electron chi connectivity index (χ2n) is 6.84. The molecule has 6 heteroatoms. The molecule has 2 atom stereocenters. The fraction of sp³-hybridized carbons (Fsp3) is 0.857. The summed E-state index contributed by atoms with van der Waals surface area (Å²) in [4.78, 5) is 24.6. The van der Waals surface area contributed by atoms with Gasteiger partial charge in [0.1, 0.15) is 5.60 Å². The molecule has 0 saturated carbocycles. The van der Waals surface area contributed by atoms with Crippen LogP contribution in [0.2, 0.25) is 0 Å². The molecule has 1 aliphatic rings. The monoisotopic (exact) mass is 286 g/mol. The standard InChI is InChI=1S/C14H26N2O4/c1-13(2,3)20-12(19)16-7-5-6-10(9-16)14(4,15)8-11(17)18/h10H,5-9,15H2,1-4H3,(H,17,18). The average molecular weight is 286 g/mol. The van der Waals surface area contributed by atoms with E-state index in [9.17, 15) is 9.59 Å². The summed E-state index contributed by atoms with van der Waals surface area (Å²) in [5.74, 6) is -0.941. The molecule has 3 N–H and O–H groups in total. The van der Waals surface area contributed by atoms with Gasteiger partial charge in [-0.1, -0.05) is 0 Å². The molecule has 20 heavy (non-hydrogen) atoms. The number of nitrogens with two attached hydrogens (primary N) is 1. The Morgan fingerprint density at radius 3 is 2.45 bits per heavy atom. The van der Waals surface area contributed by atoms with E-state index < -0.39 is 17.1 Å². The van der Waals surface area contributed by atoms with E-state index in [0.717, 1.165) is 12.8 Å². The van der Waals surface area contributed by atoms with Crippen molar-refractivity contribution in [3.05, 3.63) is 0 Å². The molecule has 0 aromatic carbocycles. The Kier molecular flexibility index (Phi) is 5.02. The zero-order valence-electron chi connectivity index (χ0n) is 12.8. The molecule has 0 spiro atoms. The molecule has 1 fully saturated rings. The van der Waals surface area contributed by atoms with Gasteiger partial charge in [-0.2, -0.15) is 0 Å². The molecule has 0 aromatic rings. The summed E-state index contributed by atoms with van der Waals surface area (Å²) in [6.45, 7) is 8.30. The summed E-state index contributed by atoms with van der Waals surface area (Å²) >= 11 is 0. The third kappa shape index (κ3) is 5.00. The first-order chi connectivity index (χ1) is 9.01. The summed E-state index contributed by atoms with van der Waals surface area (Å²) in [7, 11) is 0. The average Bonchev–Trinajstić information content (AvgIpc) is 2.25. The van der Waals surface area contributed by atoms with Gasteiger partial charge in [-0.3, -0.25) is 4.79 Å². The van der Waals surface area contributed by atoms with Crippen LogP contribution >= 0.6 is 0 Å². The minimum atomic E-state index is -0.913. The molecule has 1 saturated heterocycles. The van der Waals surface area contributed by atoms with Gasteiger partial charge >= 0.3 is 12.1 Å². The van der Waals surface area contributed by atoms with Crippen molar-refractivity contribution in [3.63, 3.8) is 0 Å². The fourth-order valence-corrected chi connectivity index (χ4v) is 2.48. The normalized spacial score (nSPS) is 23.1. The Labute approximate surface area is 120 Å². The first-order valence-electron chi connectivity index (χ1n) is 7.00. The zero-order chi connectivity index (χ0) is 15.6. The lowest BCUT2D eigenvalue weighted by Crippen LogP contribution is -2.54. The van der Waals surface area contributed by atoms with Gasteiger partial charge in [-0.25, -0.2) is 4.79 Å². The Bertz CT molecular complexity index is 374. The second kappa shape index (κ2) is 5.99. The van der Waals surface area contributed by atoms with Gasteiger partial charge in [0.15, 0.2) is 0 Å². The van der Waals surface area contributed by atoms with Crippen molar-refractivity contribution in [1.29, 1.82) is 0 Å². The number of ether oxygens (including phenoxy) is 1. The number of nitrogens with zero attached hydrogens (tertiary/aromatic N) is 1. The van der Waals surface area contributed by atoms with Crippen molar-refractivity contribution < 1.29 is 19.4 Å². The number of hydrogen-bond acceptors (Lipinski definition) is 4. The number of likely N-dealkylation sites (tertiary alicyclic amines) is 1. The Morgan fingerprint density at radius 1 is 1.35 bits per heavy atom. The first-order valence-corrected chi connectivity index (χ1v) is 7.00. The third-order valence-electron chi connectivity index (χ3n) is 3.54. The highest BCUT2D eigenvalue weighted by atomic mass is 16.6. The first kappa shape index (κ1) is 16.8. The molecule has 1 aliphatic heterocycles. The SMILES string of the molecule is CC(C)(C)OC(=O)N1CCCC(C(C)(N)CC(=O)O)C1. The molecule has 6 nitrogen and oxygen atoms in total. The highest BCUT2D eigenvalue weighted by Gasteiger charge is 2.37. The zero-order valence-corrected chi connectivity index (χ0v) is 12.8. The molecule has 0 aromatic heterocycles. The van der Waals surface area contributed by atoms with Crippen LogP contribution in [0.1, 0.15) is 47.0 Å². The minimum absolute atomic E-state index is 0.0279. The molecule has 1 heterocycles. The summed E-state index contributed by atoms with van der Waals surface area (Å²) < 4.78 is 5.35. The second-order valence-corrected chi connectivity index (χ2v) is 6.84. The number of hydrogen-bond donors (Lipinski definition) is 2. The molecule has 2 unspecified atom stereocenters. The maximum Gasteiger partial charge on any atom is 0.410 e. The minimum Gasteiger partial charge on any atom is -0.481 e. The van der Waals surface area contributed by atoms with Crippen LogP contribution in [0, 0.1) is 5.92 Å². The van der Waals surface area contributed by atoms with E-state index in [0.29, 0.717) is 13.1 Å². The van der Waals surface area contributed by atoms with Crippen LogP contribution in [0.4, 0.5) is 4.79 Å². The molecular formula is C14H26N2O4. The van der Waals surface area contributed by atoms with E-state index in [1.807, 2.05) is 20.8 Å². The van der Waals surface area contributed by atoms with E-state index in [-0.39, 0.29) is 18.4 Å². The van der Waals surface area contributed by atoms with Gasteiger partial charge in [0.2, 0.25) is 0 Å². The number of aliphatic carboxylic acids is 1. The molecule has 1 amide bonds. The van der Waals surface area contributed by atoms with Crippen LogP contribution in [0.15, 0.2) is 0 Å². The van der Waals surface area contributed by atoms with Crippen molar-refractivity contribution in [1.82, 2.24) is 4.90 Å². The topological polar surface area (TPSA) is 92.9 Å². The highest BCUT2D eigenvalue weighted by Crippen LogP contribution is 2.28. The molecule has 0 aliphatic carbocycles. The summed E-state index contributed by atoms with van der Waals surface area (Å²) in [6.07, 6.45) is 1.20. The molecule has 116 valence electrons. The number of carbonyl (C=O) groups excluding carboxylic acids is 1. The van der Waals surface area contributed by atoms with Crippen molar-refractivity contribution in [2.75, 3.05) is 13.1 Å². The Hall–Kier alpha value is -1.30. The van der Waals surface area contributed by atoms with Crippen molar-refractivity contribution in [3.8, 4) is 0 Å². The molecular weight excluding hydrogens is 260 g/mol. The van der Waals surface area contributed by atoms with E-state index in [4.69, 9.17) is 15.6 Å². The summed E-state index contributed by atoms with van der Waals surface area (Å²) in [5, 5.41) is 8.92. The van der Waals surface area contributed by atoms with Crippen molar-refractivity contribution >= 4 is 12.1 Å². The van der Waals surface area contributed by atoms with Crippen LogP contribution in [-0.4, -0.2) is 46.3 Å². The number of carbonyl (C=O) groups is 2. The van der Waals surface area contributed by atoms with Crippen LogP contribution in [0.5, 0.6) is 0 Å². The lowest BCUT2D eigenvalue weighted by atomic mass is 9.79. The van der Waals surface area contributed by atoms with Crippen molar-refractivity contribution in [2.24, 2.45) is 11.7 Å². The largest absolute Gasteiger partial charge is 0.481 e. The van der Waals surface area contributed by atoms with Gasteiger partial charge in [-0.15, -0.1) is 0 Å². The van der Waals surface area contributed by atoms with E-state index in [2.05, 4.69) is 0 Å². The fourth-order valence-electron chi connectivity index (χ4n) is 2.48. The number of piperidine rings is 1. The van der Waals surface area contributed by atoms with Crippen molar-refractivity contribution in [2.45, 2.75) is 58.1 Å². The summed E-state index contributed by atoms with van der Waals surface area (Å²) in [6, 6.07) is 0. The maximum absolute atomic E-state index is 12.1. The predicted octanol–water partition coefficient (Wildman–Crippen LogP) is 1.83. The van der Waals surface area contributed by atoms with Crippen LogP contribution in [0.25, 0.3) is 0 Å².